The van der Waals surface area contributed by atoms with E-state index in [0.717, 1.165) is 6.54 Å². The number of nitrogens with one attached hydrogen (secondary N) is 1. The van der Waals surface area contributed by atoms with Crippen LogP contribution in [0.1, 0.15) is 9.75 Å². The van der Waals surface area contributed by atoms with Gasteiger partial charge in [-0.2, -0.15) is 0 Å². The predicted octanol–water partition coefficient (Wildman–Crippen LogP) is 2.56. The molecule has 1 aliphatic heterocycles. The van der Waals surface area contributed by atoms with Gasteiger partial charge in [-0.1, -0.05) is 6.08 Å². The van der Waals surface area contributed by atoms with Crippen molar-refractivity contribution in [1.82, 2.24) is 5.32 Å². The highest BCUT2D eigenvalue weighted by Crippen LogP contribution is 2.24. The minimum atomic E-state index is 0.947. The molecule has 12 heavy (non-hydrogen) atoms. The number of thiophene rings is 1. The molecule has 0 spiro atoms. The molecule has 1 aromatic heterocycles. The zero-order chi connectivity index (χ0) is 8.39. The molecule has 1 aliphatic rings. The zero-order valence-electron chi connectivity index (χ0n) is 7.00. The van der Waals surface area contributed by atoms with E-state index in [1.54, 1.807) is 0 Å². The van der Waals surface area contributed by atoms with Crippen molar-refractivity contribution in [2.45, 2.75) is 6.92 Å². The summed E-state index contributed by atoms with van der Waals surface area (Å²) in [4.78, 5) is 2.74. The normalized spacial score (nSPS) is 15.6. The molecule has 0 aliphatic carbocycles. The van der Waals surface area contributed by atoms with Gasteiger partial charge in [-0.25, -0.2) is 0 Å². The Hall–Kier alpha value is -1.02. The lowest BCUT2D eigenvalue weighted by Gasteiger charge is -2.05. The number of rotatable bonds is 1. The van der Waals surface area contributed by atoms with Crippen LogP contribution in [0.5, 0.6) is 0 Å². The molecule has 0 aromatic carbocycles. The lowest BCUT2D eigenvalue weighted by Crippen LogP contribution is -2.07. The summed E-state index contributed by atoms with van der Waals surface area (Å²) in [6.45, 7) is 3.09. The Kier molecular flexibility index (Phi) is 2.00. The van der Waals surface area contributed by atoms with E-state index in [1.807, 2.05) is 17.5 Å². The van der Waals surface area contributed by atoms with Gasteiger partial charge in [0.05, 0.1) is 0 Å². The third-order valence-corrected chi connectivity index (χ3v) is 2.90. The molecule has 1 N–H and O–H groups in total. The van der Waals surface area contributed by atoms with Crippen LogP contribution in [-0.2, 0) is 0 Å². The molecule has 0 amide bonds. The Morgan fingerprint density at radius 2 is 2.33 bits per heavy atom. The minimum Gasteiger partial charge on any atom is -0.387 e. The van der Waals surface area contributed by atoms with Gasteiger partial charge in [0, 0.05) is 16.3 Å². The minimum absolute atomic E-state index is 0.947. The van der Waals surface area contributed by atoms with Crippen LogP contribution in [0, 0.1) is 6.92 Å². The molecule has 0 radical (unpaired) electrons. The second kappa shape index (κ2) is 3.15. The van der Waals surface area contributed by atoms with Crippen molar-refractivity contribution < 1.29 is 0 Å². The van der Waals surface area contributed by atoms with Gasteiger partial charge in [0.1, 0.15) is 0 Å². The van der Waals surface area contributed by atoms with Crippen LogP contribution >= 0.6 is 11.3 Å². The number of aryl methyl sites for hydroxylation is 1. The molecule has 2 rings (SSSR count). The van der Waals surface area contributed by atoms with Crippen LogP contribution < -0.4 is 5.32 Å². The van der Waals surface area contributed by atoms with Crippen LogP contribution in [0.15, 0.2) is 30.5 Å². The standard InChI is InChI=1S/C10H11NS/c1-8-2-3-10(12-8)9-4-6-11-7-5-9/h2-6,11H,7H2,1H3. The van der Waals surface area contributed by atoms with Crippen molar-refractivity contribution in [2.75, 3.05) is 6.54 Å². The van der Waals surface area contributed by atoms with Crippen molar-refractivity contribution in [1.29, 1.82) is 0 Å². The molecule has 2 heteroatoms. The molecule has 0 saturated heterocycles. The van der Waals surface area contributed by atoms with E-state index >= 15 is 0 Å². The molecular weight excluding hydrogens is 166 g/mol. The van der Waals surface area contributed by atoms with E-state index in [9.17, 15) is 0 Å². The molecule has 0 unspecified atom stereocenters. The largest absolute Gasteiger partial charge is 0.387 e. The summed E-state index contributed by atoms with van der Waals surface area (Å²) in [7, 11) is 0. The van der Waals surface area contributed by atoms with Crippen LogP contribution in [-0.4, -0.2) is 6.54 Å². The molecule has 0 fully saturated rings. The fourth-order valence-corrected chi connectivity index (χ4v) is 2.11. The smallest absolute Gasteiger partial charge is 0.0343 e. The molecule has 0 bridgehead atoms. The van der Waals surface area contributed by atoms with Crippen molar-refractivity contribution in [3.63, 3.8) is 0 Å². The highest BCUT2D eigenvalue weighted by molar-refractivity contribution is 7.13. The van der Waals surface area contributed by atoms with Gasteiger partial charge in [0.2, 0.25) is 0 Å². The van der Waals surface area contributed by atoms with Crippen LogP contribution in [0.4, 0.5) is 0 Å². The second-order valence-electron chi connectivity index (χ2n) is 2.81. The monoisotopic (exact) mass is 177 g/mol. The average Bonchev–Trinajstić information content (AvgIpc) is 2.54. The van der Waals surface area contributed by atoms with Gasteiger partial charge >= 0.3 is 0 Å². The average molecular weight is 177 g/mol. The highest BCUT2D eigenvalue weighted by atomic mass is 32.1. The molecular formula is C10H11NS. The van der Waals surface area contributed by atoms with E-state index < -0.39 is 0 Å². The maximum absolute atomic E-state index is 3.14. The van der Waals surface area contributed by atoms with Crippen molar-refractivity contribution >= 4 is 16.9 Å². The maximum atomic E-state index is 3.14. The Morgan fingerprint density at radius 3 is 2.92 bits per heavy atom. The van der Waals surface area contributed by atoms with Gasteiger partial charge in [0.25, 0.3) is 0 Å². The van der Waals surface area contributed by atoms with E-state index in [1.165, 1.54) is 15.3 Å². The SMILES string of the molecule is Cc1ccc(C2=CCNC=C2)s1. The Bertz CT molecular complexity index is 333. The zero-order valence-corrected chi connectivity index (χ0v) is 7.82. The topological polar surface area (TPSA) is 12.0 Å². The fraction of sp³-hybridized carbons (Fsp3) is 0.200. The van der Waals surface area contributed by atoms with Gasteiger partial charge < -0.3 is 5.32 Å². The third-order valence-electron chi connectivity index (χ3n) is 1.85. The third kappa shape index (κ3) is 1.43. The van der Waals surface area contributed by atoms with Crippen molar-refractivity contribution in [3.05, 3.63) is 40.2 Å². The quantitative estimate of drug-likeness (QED) is 0.695. The summed E-state index contributed by atoms with van der Waals surface area (Å²) in [5, 5.41) is 3.14. The Balaban J connectivity index is 2.30. The van der Waals surface area contributed by atoms with Crippen molar-refractivity contribution in [2.24, 2.45) is 0 Å². The summed E-state index contributed by atoms with van der Waals surface area (Å²) in [5.41, 5.74) is 1.34. The molecule has 2 heterocycles. The first kappa shape index (κ1) is 7.62. The first-order chi connectivity index (χ1) is 5.86. The van der Waals surface area contributed by atoms with E-state index in [4.69, 9.17) is 0 Å². The van der Waals surface area contributed by atoms with E-state index in [0.29, 0.717) is 0 Å². The summed E-state index contributed by atoms with van der Waals surface area (Å²) in [6, 6.07) is 4.35. The summed E-state index contributed by atoms with van der Waals surface area (Å²) in [5.74, 6) is 0. The predicted molar refractivity (Wildman–Crippen MR) is 54.2 cm³/mol. The number of hydrogen-bond acceptors (Lipinski definition) is 2. The maximum Gasteiger partial charge on any atom is 0.0343 e. The first-order valence-electron chi connectivity index (χ1n) is 4.03. The Morgan fingerprint density at radius 1 is 1.42 bits per heavy atom. The van der Waals surface area contributed by atoms with Crippen LogP contribution in [0.2, 0.25) is 0 Å². The van der Waals surface area contributed by atoms with Crippen LogP contribution in [0.25, 0.3) is 5.57 Å². The second-order valence-corrected chi connectivity index (χ2v) is 4.10. The van der Waals surface area contributed by atoms with E-state index in [-0.39, 0.29) is 0 Å². The summed E-state index contributed by atoms with van der Waals surface area (Å²) < 4.78 is 0. The number of dihydropyridines is 1. The highest BCUT2D eigenvalue weighted by Gasteiger charge is 2.02. The molecule has 62 valence electrons. The van der Waals surface area contributed by atoms with Gasteiger partial charge in [-0.3, -0.25) is 0 Å². The summed E-state index contributed by atoms with van der Waals surface area (Å²) in [6.07, 6.45) is 6.34. The Labute approximate surface area is 76.4 Å². The van der Waals surface area contributed by atoms with Gasteiger partial charge in [0.15, 0.2) is 0 Å². The summed E-state index contributed by atoms with van der Waals surface area (Å²) >= 11 is 1.85. The fourth-order valence-electron chi connectivity index (χ4n) is 1.23. The lowest BCUT2D eigenvalue weighted by atomic mass is 10.2. The van der Waals surface area contributed by atoms with Crippen molar-refractivity contribution in [3.8, 4) is 0 Å². The number of allylic oxidation sites excluding steroid dienone is 2. The molecule has 0 atom stereocenters. The van der Waals surface area contributed by atoms with E-state index in [2.05, 4.69) is 36.5 Å². The van der Waals surface area contributed by atoms with Gasteiger partial charge in [-0.15, -0.1) is 11.3 Å². The van der Waals surface area contributed by atoms with Gasteiger partial charge in [-0.05, 0) is 36.9 Å². The molecule has 1 aromatic rings. The lowest BCUT2D eigenvalue weighted by molar-refractivity contribution is 0.976. The number of hydrogen-bond donors (Lipinski definition) is 1. The molecule has 1 nitrogen and oxygen atoms in total. The molecule has 0 saturated carbocycles. The first-order valence-corrected chi connectivity index (χ1v) is 4.85. The van der Waals surface area contributed by atoms with Crippen LogP contribution in [0.3, 0.4) is 0 Å².